The number of nitrogen functional groups attached to an aromatic ring is 1. The summed E-state index contributed by atoms with van der Waals surface area (Å²) in [6.07, 6.45) is 2.92. The Morgan fingerprint density at radius 2 is 2.03 bits per heavy atom. The minimum Gasteiger partial charge on any atom is -0.496 e. The molecule has 1 amide bonds. The van der Waals surface area contributed by atoms with Crippen molar-refractivity contribution in [3.8, 4) is 5.75 Å². The molecule has 0 aliphatic carbocycles. The highest BCUT2D eigenvalue weighted by Gasteiger charge is 2.39. The fourth-order valence-electron chi connectivity index (χ4n) is 3.68. The summed E-state index contributed by atoms with van der Waals surface area (Å²) in [6.45, 7) is 14.2. The van der Waals surface area contributed by atoms with E-state index in [1.165, 1.54) is 11.1 Å². The Bertz CT molecular complexity index is 993. The number of aryl methyl sites for hydroxylation is 1. The zero-order valence-corrected chi connectivity index (χ0v) is 22.1. The highest BCUT2D eigenvalue weighted by atomic mass is 32.1. The first-order valence-electron chi connectivity index (χ1n) is 11.0. The third-order valence-corrected chi connectivity index (χ3v) is 12.0. The van der Waals surface area contributed by atoms with Crippen LogP contribution in [0.25, 0.3) is 5.57 Å². The van der Waals surface area contributed by atoms with E-state index < -0.39 is 8.32 Å². The summed E-state index contributed by atoms with van der Waals surface area (Å²) in [5.74, 6) is 0.591. The van der Waals surface area contributed by atoms with E-state index in [1.54, 1.807) is 24.5 Å². The van der Waals surface area contributed by atoms with Gasteiger partial charge in [0, 0.05) is 12.2 Å². The van der Waals surface area contributed by atoms with Crippen LogP contribution in [0.3, 0.4) is 0 Å². The quantitative estimate of drug-likeness (QED) is 0.416. The molecule has 1 aromatic carbocycles. The topological polar surface area (TPSA) is 64.8 Å². The number of rotatable bonds is 6. The lowest BCUT2D eigenvalue weighted by atomic mass is 9.95. The van der Waals surface area contributed by atoms with Crippen LogP contribution in [0, 0.1) is 6.92 Å². The van der Waals surface area contributed by atoms with E-state index in [4.69, 9.17) is 14.9 Å². The minimum atomic E-state index is -1.95. The summed E-state index contributed by atoms with van der Waals surface area (Å²) in [4.78, 5) is 15.6. The van der Waals surface area contributed by atoms with Crippen molar-refractivity contribution in [3.63, 3.8) is 0 Å². The van der Waals surface area contributed by atoms with Gasteiger partial charge in [-0.2, -0.15) is 11.3 Å². The molecule has 1 aliphatic heterocycles. The second-order valence-electron chi connectivity index (χ2n) is 10.0. The van der Waals surface area contributed by atoms with Crippen LogP contribution in [0.4, 0.5) is 5.69 Å². The Morgan fingerprint density at radius 1 is 1.31 bits per heavy atom. The lowest BCUT2D eigenvalue weighted by molar-refractivity contribution is 0.0628. The summed E-state index contributed by atoms with van der Waals surface area (Å²) < 4.78 is 12.0. The second-order valence-corrected chi connectivity index (χ2v) is 15.6. The van der Waals surface area contributed by atoms with Crippen molar-refractivity contribution in [2.24, 2.45) is 0 Å². The number of nitrogens with two attached hydrogens (primary N) is 1. The van der Waals surface area contributed by atoms with E-state index in [-0.39, 0.29) is 17.0 Å². The number of carbonyl (C=O) groups is 1. The first-order valence-corrected chi connectivity index (χ1v) is 14.9. The predicted molar refractivity (Wildman–Crippen MR) is 137 cm³/mol. The normalized spacial score (nSPS) is 17.3. The van der Waals surface area contributed by atoms with Gasteiger partial charge in [0.15, 0.2) is 8.32 Å². The summed E-state index contributed by atoms with van der Waals surface area (Å²) >= 11 is 1.69. The molecule has 0 fully saturated rings. The van der Waals surface area contributed by atoms with Gasteiger partial charge in [-0.25, -0.2) is 0 Å². The van der Waals surface area contributed by atoms with Crippen molar-refractivity contribution in [3.05, 3.63) is 51.7 Å². The molecule has 0 saturated heterocycles. The van der Waals surface area contributed by atoms with Gasteiger partial charge in [-0.3, -0.25) is 4.79 Å². The number of methoxy groups -OCH3 is 1. The molecule has 0 unspecified atom stereocenters. The van der Waals surface area contributed by atoms with E-state index in [0.29, 0.717) is 30.2 Å². The van der Waals surface area contributed by atoms with Gasteiger partial charge in [0.05, 0.1) is 25.3 Å². The maximum atomic E-state index is 13.6. The van der Waals surface area contributed by atoms with Gasteiger partial charge in [0.2, 0.25) is 0 Å². The lowest BCUT2D eigenvalue weighted by Gasteiger charge is -2.41. The van der Waals surface area contributed by atoms with Crippen LogP contribution in [-0.4, -0.2) is 45.4 Å². The fraction of sp³-hybridized carbons (Fsp3) is 0.480. The summed E-state index contributed by atoms with van der Waals surface area (Å²) in [5.41, 5.74) is 10.6. The molecule has 0 bridgehead atoms. The average molecular weight is 473 g/mol. The second kappa shape index (κ2) is 9.41. The molecule has 2 N–H and O–H groups in total. The zero-order chi connectivity index (χ0) is 23.7. The number of ether oxygens (including phenoxy) is 1. The third-order valence-electron chi connectivity index (χ3n) is 6.82. The maximum absolute atomic E-state index is 13.6. The smallest absolute Gasteiger partial charge is 0.256 e. The van der Waals surface area contributed by atoms with Crippen molar-refractivity contribution < 1.29 is 14.0 Å². The van der Waals surface area contributed by atoms with Gasteiger partial charge in [-0.1, -0.05) is 26.8 Å². The molecule has 32 heavy (non-hydrogen) atoms. The van der Waals surface area contributed by atoms with Crippen LogP contribution >= 0.6 is 11.3 Å². The molecule has 3 rings (SSSR count). The molecule has 0 saturated carbocycles. The van der Waals surface area contributed by atoms with Crippen molar-refractivity contribution in [2.75, 3.05) is 26.0 Å². The van der Waals surface area contributed by atoms with Crippen LogP contribution in [0.5, 0.6) is 5.75 Å². The number of thiophene rings is 1. The number of amides is 1. The van der Waals surface area contributed by atoms with Crippen LogP contribution < -0.4 is 10.5 Å². The van der Waals surface area contributed by atoms with E-state index in [0.717, 1.165) is 12.0 Å². The molecule has 1 aliphatic rings. The van der Waals surface area contributed by atoms with E-state index in [9.17, 15) is 4.79 Å². The van der Waals surface area contributed by atoms with Crippen LogP contribution in [0.1, 0.15) is 48.7 Å². The molecule has 0 radical (unpaired) electrons. The van der Waals surface area contributed by atoms with Gasteiger partial charge in [-0.05, 0) is 77.1 Å². The molecule has 0 spiro atoms. The van der Waals surface area contributed by atoms with Crippen molar-refractivity contribution in [1.29, 1.82) is 0 Å². The Kier molecular flexibility index (Phi) is 7.22. The highest BCUT2D eigenvalue weighted by Crippen LogP contribution is 2.38. The van der Waals surface area contributed by atoms with Gasteiger partial charge in [0.1, 0.15) is 5.75 Å². The number of benzene rings is 1. The molecule has 1 aromatic heterocycles. The zero-order valence-electron chi connectivity index (χ0n) is 20.3. The Morgan fingerprint density at radius 3 is 2.62 bits per heavy atom. The minimum absolute atomic E-state index is 0.0526. The highest BCUT2D eigenvalue weighted by molar-refractivity contribution is 7.08. The van der Waals surface area contributed by atoms with Crippen molar-refractivity contribution >= 4 is 36.8 Å². The average Bonchev–Trinajstić information content (AvgIpc) is 3.26. The largest absolute Gasteiger partial charge is 0.496 e. The lowest BCUT2D eigenvalue weighted by Crippen LogP contribution is -2.49. The van der Waals surface area contributed by atoms with Crippen molar-refractivity contribution in [2.45, 2.75) is 58.3 Å². The van der Waals surface area contributed by atoms with Crippen LogP contribution in [-0.2, 0) is 4.43 Å². The number of nitrogens with zero attached hydrogens (tertiary/aromatic N) is 1. The number of hydrogen-bond donors (Lipinski definition) is 1. The van der Waals surface area contributed by atoms with E-state index in [2.05, 4.69) is 56.8 Å². The fourth-order valence-corrected chi connectivity index (χ4v) is 5.40. The number of anilines is 1. The number of hydrogen-bond acceptors (Lipinski definition) is 5. The van der Waals surface area contributed by atoms with Gasteiger partial charge < -0.3 is 19.8 Å². The molecular formula is C25H36N2O3SSi. The first kappa shape index (κ1) is 24.5. The molecular weight excluding hydrogens is 436 g/mol. The third kappa shape index (κ3) is 5.11. The van der Waals surface area contributed by atoms with Gasteiger partial charge in [0.25, 0.3) is 5.91 Å². The standard InChI is InChI=1S/C25H36N2O3SSi/c1-17-12-22(26)21(14-23(17)29-5)24(28)27-10-8-18(19-9-11-31-16-19)13-20(27)15-30-32(6,7)25(2,3)4/h8-9,11-12,14,16,20H,10,13,15,26H2,1-7H3/t20-/m0/s1. The Labute approximate surface area is 197 Å². The molecule has 5 nitrogen and oxygen atoms in total. The SMILES string of the molecule is COc1cc(C(=O)N2CC=C(c3ccsc3)C[C@H]2CO[Si](C)(C)C(C)(C)C)c(N)cc1C. The summed E-state index contributed by atoms with van der Waals surface area (Å²) in [7, 11) is -0.343. The molecule has 2 aromatic rings. The predicted octanol–water partition coefficient (Wildman–Crippen LogP) is 5.97. The molecule has 2 heterocycles. The monoisotopic (exact) mass is 472 g/mol. The van der Waals surface area contributed by atoms with Crippen molar-refractivity contribution in [1.82, 2.24) is 4.90 Å². The van der Waals surface area contributed by atoms with E-state index in [1.807, 2.05) is 17.9 Å². The molecule has 7 heteroatoms. The van der Waals surface area contributed by atoms with Crippen LogP contribution in [0.15, 0.2) is 35.0 Å². The van der Waals surface area contributed by atoms with Crippen LogP contribution in [0.2, 0.25) is 18.1 Å². The van der Waals surface area contributed by atoms with E-state index >= 15 is 0 Å². The Hall–Kier alpha value is -2.09. The van der Waals surface area contributed by atoms with Gasteiger partial charge >= 0.3 is 0 Å². The molecule has 1 atom stereocenters. The molecule has 174 valence electrons. The Balaban J connectivity index is 1.91. The maximum Gasteiger partial charge on any atom is 0.256 e. The van der Waals surface area contributed by atoms with Gasteiger partial charge in [-0.15, -0.1) is 0 Å². The first-order chi connectivity index (χ1) is 14.9. The summed E-state index contributed by atoms with van der Waals surface area (Å²) in [5, 5.41) is 4.36. The summed E-state index contributed by atoms with van der Waals surface area (Å²) in [6, 6.07) is 5.66. The number of carbonyl (C=O) groups excluding carboxylic acids is 1.